The first kappa shape index (κ1) is 16.1. The van der Waals surface area contributed by atoms with Crippen molar-refractivity contribution in [2.24, 2.45) is 4.99 Å². The summed E-state index contributed by atoms with van der Waals surface area (Å²) in [5.41, 5.74) is 2.20. The molecular weight excluding hydrogens is 300 g/mol. The zero-order valence-corrected chi connectivity index (χ0v) is 13.7. The minimum absolute atomic E-state index is 0.187. The van der Waals surface area contributed by atoms with Gasteiger partial charge in [-0.25, -0.2) is 0 Å². The van der Waals surface area contributed by atoms with Gasteiger partial charge in [0.05, 0.1) is 11.1 Å². The van der Waals surface area contributed by atoms with Crippen molar-refractivity contribution in [3.05, 3.63) is 65.7 Å². The lowest BCUT2D eigenvalue weighted by Crippen LogP contribution is -2.51. The van der Waals surface area contributed by atoms with Gasteiger partial charge >= 0.3 is 0 Å². The van der Waals surface area contributed by atoms with Gasteiger partial charge in [0.1, 0.15) is 0 Å². The molecule has 0 saturated carbocycles. The predicted molar refractivity (Wildman–Crippen MR) is 94.5 cm³/mol. The minimum atomic E-state index is -0.615. The number of benzene rings is 2. The highest BCUT2D eigenvalue weighted by molar-refractivity contribution is 6.03. The molecule has 0 spiro atoms. The number of imide groups is 1. The molecule has 0 radical (unpaired) electrons. The van der Waals surface area contributed by atoms with Crippen molar-refractivity contribution in [2.45, 2.75) is 31.6 Å². The Kier molecular flexibility index (Phi) is 4.56. The van der Waals surface area contributed by atoms with Crippen LogP contribution in [0.3, 0.4) is 0 Å². The summed E-state index contributed by atoms with van der Waals surface area (Å²) in [4.78, 5) is 28.3. The topological polar surface area (TPSA) is 58.5 Å². The van der Waals surface area contributed by atoms with E-state index in [4.69, 9.17) is 0 Å². The highest BCUT2D eigenvalue weighted by Crippen LogP contribution is 2.36. The van der Waals surface area contributed by atoms with Gasteiger partial charge in [-0.3, -0.25) is 19.9 Å². The quantitative estimate of drug-likeness (QED) is 0.692. The van der Waals surface area contributed by atoms with Crippen LogP contribution in [0.5, 0.6) is 0 Å². The van der Waals surface area contributed by atoms with Crippen LogP contribution in [0.4, 0.5) is 5.69 Å². The van der Waals surface area contributed by atoms with E-state index >= 15 is 0 Å². The molecule has 2 amide bonds. The molecule has 0 aliphatic carbocycles. The van der Waals surface area contributed by atoms with Crippen LogP contribution >= 0.6 is 0 Å². The second kappa shape index (κ2) is 6.79. The van der Waals surface area contributed by atoms with Gasteiger partial charge in [0, 0.05) is 12.6 Å². The maximum atomic E-state index is 12.4. The van der Waals surface area contributed by atoms with Gasteiger partial charge in [-0.05, 0) is 36.1 Å². The van der Waals surface area contributed by atoms with E-state index in [1.54, 1.807) is 0 Å². The molecule has 2 aromatic carbocycles. The molecule has 0 bridgehead atoms. The predicted octanol–water partition coefficient (Wildman–Crippen LogP) is 3.52. The smallest absolute Gasteiger partial charge is 0.237 e. The number of hydrogen-bond donors (Lipinski definition) is 1. The van der Waals surface area contributed by atoms with Crippen LogP contribution in [0.25, 0.3) is 0 Å². The van der Waals surface area contributed by atoms with E-state index in [2.05, 4.69) is 10.3 Å². The van der Waals surface area contributed by atoms with E-state index in [-0.39, 0.29) is 11.8 Å². The maximum absolute atomic E-state index is 12.4. The molecule has 24 heavy (non-hydrogen) atoms. The lowest BCUT2D eigenvalue weighted by atomic mass is 9.72. The summed E-state index contributed by atoms with van der Waals surface area (Å²) >= 11 is 0. The fourth-order valence-electron chi connectivity index (χ4n) is 3.12. The third kappa shape index (κ3) is 3.13. The van der Waals surface area contributed by atoms with E-state index in [1.807, 2.05) is 67.7 Å². The average molecular weight is 320 g/mol. The van der Waals surface area contributed by atoms with Gasteiger partial charge < -0.3 is 0 Å². The zero-order valence-electron chi connectivity index (χ0n) is 13.7. The normalized spacial score (nSPS) is 21.0. The molecule has 1 heterocycles. The Morgan fingerprint density at radius 1 is 1.08 bits per heavy atom. The molecular formula is C20H20N2O2. The Labute approximate surface area is 141 Å². The monoisotopic (exact) mass is 320 g/mol. The van der Waals surface area contributed by atoms with Gasteiger partial charge in [0.25, 0.3) is 0 Å². The zero-order chi connectivity index (χ0) is 17.0. The lowest BCUT2D eigenvalue weighted by molar-refractivity contribution is -0.138. The fourth-order valence-corrected chi connectivity index (χ4v) is 3.12. The number of nitrogens with one attached hydrogen (secondary N) is 1. The largest absolute Gasteiger partial charge is 0.296 e. The van der Waals surface area contributed by atoms with Crippen molar-refractivity contribution in [3.63, 3.8) is 0 Å². The second-order valence-corrected chi connectivity index (χ2v) is 6.03. The molecule has 3 rings (SSSR count). The van der Waals surface area contributed by atoms with Crippen LogP contribution < -0.4 is 5.32 Å². The van der Waals surface area contributed by atoms with Gasteiger partial charge in [-0.1, -0.05) is 49.4 Å². The van der Waals surface area contributed by atoms with Crippen LogP contribution in [0.15, 0.2) is 59.6 Å². The number of hydrogen-bond acceptors (Lipinski definition) is 3. The van der Waals surface area contributed by atoms with Gasteiger partial charge in [0.15, 0.2) is 0 Å². The van der Waals surface area contributed by atoms with Crippen molar-refractivity contribution in [1.29, 1.82) is 0 Å². The molecule has 1 atom stereocenters. The molecule has 4 nitrogen and oxygen atoms in total. The standard InChI is InChI=1S/C20H20N2O2/c1-2-20(13-12-18(23)22-19(20)24)16-8-10-17(11-9-16)21-14-15-6-4-3-5-7-15/h3-11,14H,2,12-13H2,1H3,(H,22,23,24)/t20-/m0/s1. The molecule has 4 heteroatoms. The van der Waals surface area contributed by atoms with Crippen molar-refractivity contribution in [2.75, 3.05) is 0 Å². The summed E-state index contributed by atoms with van der Waals surface area (Å²) in [7, 11) is 0. The van der Waals surface area contributed by atoms with E-state index in [1.165, 1.54) is 0 Å². The van der Waals surface area contributed by atoms with Gasteiger partial charge in [0.2, 0.25) is 11.8 Å². The summed E-state index contributed by atoms with van der Waals surface area (Å²) < 4.78 is 0. The SMILES string of the molecule is CC[C@@]1(c2ccc(N=Cc3ccccc3)cc2)CCC(=O)NC1=O. The van der Waals surface area contributed by atoms with Crippen molar-refractivity contribution >= 4 is 23.7 Å². The summed E-state index contributed by atoms with van der Waals surface area (Å²) in [6.07, 6.45) is 3.42. The Morgan fingerprint density at radius 3 is 2.42 bits per heavy atom. The number of carbonyl (C=O) groups is 2. The van der Waals surface area contributed by atoms with Crippen LogP contribution in [-0.4, -0.2) is 18.0 Å². The summed E-state index contributed by atoms with van der Waals surface area (Å²) in [5, 5.41) is 2.47. The Bertz CT molecular complexity index is 766. The molecule has 1 saturated heterocycles. The highest BCUT2D eigenvalue weighted by Gasteiger charge is 2.42. The molecule has 1 aliphatic heterocycles. The highest BCUT2D eigenvalue weighted by atomic mass is 16.2. The number of rotatable bonds is 4. The molecule has 1 fully saturated rings. The van der Waals surface area contributed by atoms with Crippen LogP contribution in [-0.2, 0) is 15.0 Å². The van der Waals surface area contributed by atoms with Crippen LogP contribution in [0.1, 0.15) is 37.3 Å². The Balaban J connectivity index is 1.82. The number of nitrogens with zero attached hydrogens (tertiary/aromatic N) is 1. The molecule has 0 aromatic heterocycles. The van der Waals surface area contributed by atoms with Gasteiger partial charge in [-0.2, -0.15) is 0 Å². The van der Waals surface area contributed by atoms with E-state index in [0.29, 0.717) is 19.3 Å². The summed E-state index contributed by atoms with van der Waals surface area (Å²) in [6, 6.07) is 17.6. The number of amides is 2. The number of piperidine rings is 1. The van der Waals surface area contributed by atoms with Crippen molar-refractivity contribution in [1.82, 2.24) is 5.32 Å². The van der Waals surface area contributed by atoms with E-state index in [0.717, 1.165) is 16.8 Å². The van der Waals surface area contributed by atoms with Crippen LogP contribution in [0.2, 0.25) is 0 Å². The van der Waals surface area contributed by atoms with Crippen molar-refractivity contribution in [3.8, 4) is 0 Å². The number of carbonyl (C=O) groups excluding carboxylic acids is 2. The first-order valence-corrected chi connectivity index (χ1v) is 8.18. The molecule has 1 aliphatic rings. The van der Waals surface area contributed by atoms with Crippen molar-refractivity contribution < 1.29 is 9.59 Å². The molecule has 2 aromatic rings. The second-order valence-electron chi connectivity index (χ2n) is 6.03. The minimum Gasteiger partial charge on any atom is -0.296 e. The van der Waals surface area contributed by atoms with Crippen LogP contribution in [0, 0.1) is 0 Å². The van der Waals surface area contributed by atoms with E-state index in [9.17, 15) is 9.59 Å². The summed E-state index contributed by atoms with van der Waals surface area (Å²) in [6.45, 7) is 1.98. The first-order valence-electron chi connectivity index (χ1n) is 8.18. The van der Waals surface area contributed by atoms with E-state index < -0.39 is 5.41 Å². The van der Waals surface area contributed by atoms with Gasteiger partial charge in [-0.15, -0.1) is 0 Å². The third-order valence-electron chi connectivity index (χ3n) is 4.65. The third-order valence-corrected chi connectivity index (χ3v) is 4.65. The number of aliphatic imine (C=N–C) groups is 1. The molecule has 0 unspecified atom stereocenters. The average Bonchev–Trinajstić information content (AvgIpc) is 2.62. The first-order chi connectivity index (χ1) is 11.6. The Morgan fingerprint density at radius 2 is 1.79 bits per heavy atom. The lowest BCUT2D eigenvalue weighted by Gasteiger charge is -2.34. The molecule has 1 N–H and O–H groups in total. The molecule has 122 valence electrons. The fraction of sp³-hybridized carbons (Fsp3) is 0.250. The maximum Gasteiger partial charge on any atom is 0.237 e. The summed E-state index contributed by atoms with van der Waals surface area (Å²) in [5.74, 6) is -0.380. The Hall–Kier alpha value is -2.75.